The third-order valence-corrected chi connectivity index (χ3v) is 3.78. The van der Waals surface area contributed by atoms with Gasteiger partial charge in [-0.05, 0) is 37.1 Å². The molecule has 0 aliphatic carbocycles. The minimum Gasteiger partial charge on any atom is -0.368 e. The fraction of sp³-hybridized carbons (Fsp3) is 0.278. The lowest BCUT2D eigenvalue weighted by Crippen LogP contribution is -2.39. The minimum absolute atomic E-state index is 0.256. The summed E-state index contributed by atoms with van der Waals surface area (Å²) in [6.45, 7) is 2.54. The number of nitrogens with zero attached hydrogens (tertiary/aromatic N) is 1. The number of carbonyl (C=O) groups excluding carboxylic acids is 1. The van der Waals surface area contributed by atoms with Gasteiger partial charge in [-0.25, -0.2) is 0 Å². The first-order valence-electron chi connectivity index (χ1n) is 7.17. The van der Waals surface area contributed by atoms with Gasteiger partial charge in [-0.15, -0.1) is 0 Å². The Hall–Kier alpha value is -2.13. The van der Waals surface area contributed by atoms with Crippen molar-refractivity contribution in [2.75, 3.05) is 7.05 Å². The molecule has 2 aromatic carbocycles. The highest BCUT2D eigenvalue weighted by Crippen LogP contribution is 2.12. The smallest absolute Gasteiger partial charge is 0.234 e. The number of nitrogens with two attached hydrogens (primary N) is 1. The maximum Gasteiger partial charge on any atom is 0.234 e. The Kier molecular flexibility index (Phi) is 5.12. The highest BCUT2D eigenvalue weighted by molar-refractivity contribution is 5.79. The van der Waals surface area contributed by atoms with Crippen LogP contribution in [0, 0.1) is 0 Å². The van der Waals surface area contributed by atoms with Crippen LogP contribution >= 0.6 is 0 Å². The van der Waals surface area contributed by atoms with Gasteiger partial charge in [0.15, 0.2) is 0 Å². The Labute approximate surface area is 126 Å². The summed E-state index contributed by atoms with van der Waals surface area (Å²) in [5.41, 5.74) is 9.10. The van der Waals surface area contributed by atoms with E-state index in [-0.39, 0.29) is 11.9 Å². The molecule has 0 fully saturated rings. The molecule has 0 bridgehead atoms. The standard InChI is InChI=1S/C18H22N2O/c1-14(18(19)21)20(2)13-17-10-8-16(9-11-17)12-15-6-4-3-5-7-15/h3-11,14H,12-13H2,1-2H3,(H2,19,21)/t14-/m0/s1. The summed E-state index contributed by atoms with van der Waals surface area (Å²) in [6.07, 6.45) is 0.939. The Morgan fingerprint density at radius 2 is 1.52 bits per heavy atom. The van der Waals surface area contributed by atoms with Crippen LogP contribution in [0.4, 0.5) is 0 Å². The van der Waals surface area contributed by atoms with Crippen molar-refractivity contribution < 1.29 is 4.79 Å². The van der Waals surface area contributed by atoms with E-state index in [1.54, 1.807) is 0 Å². The highest BCUT2D eigenvalue weighted by Gasteiger charge is 2.14. The lowest BCUT2D eigenvalue weighted by molar-refractivity contribution is -0.122. The number of carbonyl (C=O) groups is 1. The van der Waals surface area contributed by atoms with E-state index in [9.17, 15) is 4.79 Å². The summed E-state index contributed by atoms with van der Waals surface area (Å²) in [7, 11) is 1.91. The van der Waals surface area contributed by atoms with Crippen molar-refractivity contribution in [3.05, 3.63) is 71.3 Å². The zero-order valence-corrected chi connectivity index (χ0v) is 12.6. The van der Waals surface area contributed by atoms with E-state index >= 15 is 0 Å². The number of primary amides is 1. The van der Waals surface area contributed by atoms with Crippen LogP contribution < -0.4 is 5.73 Å². The van der Waals surface area contributed by atoms with Crippen molar-refractivity contribution in [1.82, 2.24) is 4.90 Å². The molecule has 0 heterocycles. The normalized spacial score (nSPS) is 12.3. The molecule has 3 heteroatoms. The topological polar surface area (TPSA) is 46.3 Å². The lowest BCUT2D eigenvalue weighted by atomic mass is 10.0. The molecule has 3 nitrogen and oxygen atoms in total. The second-order valence-corrected chi connectivity index (χ2v) is 5.47. The molecule has 1 amide bonds. The van der Waals surface area contributed by atoms with Crippen molar-refractivity contribution in [1.29, 1.82) is 0 Å². The number of benzene rings is 2. The molecule has 2 rings (SSSR count). The van der Waals surface area contributed by atoms with Crippen LogP contribution in [0.1, 0.15) is 23.6 Å². The summed E-state index contributed by atoms with van der Waals surface area (Å²) < 4.78 is 0. The number of likely N-dealkylation sites (N-methyl/N-ethyl adjacent to an activating group) is 1. The van der Waals surface area contributed by atoms with Gasteiger partial charge in [-0.2, -0.15) is 0 Å². The van der Waals surface area contributed by atoms with Crippen molar-refractivity contribution >= 4 is 5.91 Å². The molecule has 0 radical (unpaired) electrons. The predicted octanol–water partition coefficient (Wildman–Crippen LogP) is 2.58. The van der Waals surface area contributed by atoms with Gasteiger partial charge in [0.25, 0.3) is 0 Å². The van der Waals surface area contributed by atoms with Gasteiger partial charge in [0.05, 0.1) is 6.04 Å². The molecule has 0 aromatic heterocycles. The van der Waals surface area contributed by atoms with E-state index in [1.165, 1.54) is 16.7 Å². The SMILES string of the molecule is C[C@@H](C(N)=O)N(C)Cc1ccc(Cc2ccccc2)cc1. The Morgan fingerprint density at radius 1 is 1.00 bits per heavy atom. The van der Waals surface area contributed by atoms with Crippen molar-refractivity contribution in [2.24, 2.45) is 5.73 Å². The summed E-state index contributed by atoms with van der Waals surface area (Å²) in [5.74, 6) is -0.293. The number of amides is 1. The molecule has 0 saturated heterocycles. The van der Waals surface area contributed by atoms with Crippen LogP contribution in [0.5, 0.6) is 0 Å². The van der Waals surface area contributed by atoms with E-state index < -0.39 is 0 Å². The van der Waals surface area contributed by atoms with Crippen LogP contribution in [0.15, 0.2) is 54.6 Å². The number of hydrogen-bond acceptors (Lipinski definition) is 2. The third kappa shape index (κ3) is 4.43. The second kappa shape index (κ2) is 7.04. The molecule has 0 saturated carbocycles. The predicted molar refractivity (Wildman–Crippen MR) is 85.8 cm³/mol. The van der Waals surface area contributed by atoms with Crippen LogP contribution in [-0.2, 0) is 17.8 Å². The molecule has 21 heavy (non-hydrogen) atoms. The molecular formula is C18H22N2O. The van der Waals surface area contributed by atoms with Crippen LogP contribution in [0.3, 0.4) is 0 Å². The summed E-state index contributed by atoms with van der Waals surface area (Å²) >= 11 is 0. The van der Waals surface area contributed by atoms with Gasteiger partial charge in [-0.1, -0.05) is 54.6 Å². The van der Waals surface area contributed by atoms with Gasteiger partial charge in [-0.3, -0.25) is 9.69 Å². The lowest BCUT2D eigenvalue weighted by Gasteiger charge is -2.21. The first kappa shape index (κ1) is 15.3. The van der Waals surface area contributed by atoms with Crippen LogP contribution in [0.25, 0.3) is 0 Å². The van der Waals surface area contributed by atoms with Crippen molar-refractivity contribution in [3.63, 3.8) is 0 Å². The van der Waals surface area contributed by atoms with Gasteiger partial charge in [0.1, 0.15) is 0 Å². The molecule has 2 aromatic rings. The first-order chi connectivity index (χ1) is 10.1. The second-order valence-electron chi connectivity index (χ2n) is 5.47. The molecule has 0 aliphatic rings. The molecule has 2 N–H and O–H groups in total. The number of hydrogen-bond donors (Lipinski definition) is 1. The summed E-state index contributed by atoms with van der Waals surface area (Å²) in [5, 5.41) is 0. The van der Waals surface area contributed by atoms with Gasteiger partial charge in [0, 0.05) is 6.54 Å². The molecule has 0 unspecified atom stereocenters. The van der Waals surface area contributed by atoms with Crippen molar-refractivity contribution in [2.45, 2.75) is 25.9 Å². The maximum atomic E-state index is 11.2. The Morgan fingerprint density at radius 3 is 2.10 bits per heavy atom. The summed E-state index contributed by atoms with van der Waals surface area (Å²) in [4.78, 5) is 13.1. The monoisotopic (exact) mass is 282 g/mol. The number of rotatable bonds is 6. The fourth-order valence-electron chi connectivity index (χ4n) is 2.24. The van der Waals surface area contributed by atoms with Crippen LogP contribution in [-0.4, -0.2) is 23.9 Å². The molecule has 110 valence electrons. The largest absolute Gasteiger partial charge is 0.368 e. The molecular weight excluding hydrogens is 260 g/mol. The van der Waals surface area contributed by atoms with E-state index in [2.05, 4.69) is 48.5 Å². The van der Waals surface area contributed by atoms with Crippen molar-refractivity contribution in [3.8, 4) is 0 Å². The Bertz CT molecular complexity index is 578. The fourth-order valence-corrected chi connectivity index (χ4v) is 2.24. The maximum absolute atomic E-state index is 11.2. The molecule has 0 aliphatic heterocycles. The van der Waals surface area contributed by atoms with E-state index in [0.29, 0.717) is 0 Å². The third-order valence-electron chi connectivity index (χ3n) is 3.78. The summed E-state index contributed by atoms with van der Waals surface area (Å²) in [6, 6.07) is 18.7. The van der Waals surface area contributed by atoms with Gasteiger partial charge < -0.3 is 5.73 Å². The average Bonchev–Trinajstić information content (AvgIpc) is 2.49. The van der Waals surface area contributed by atoms with E-state index in [0.717, 1.165) is 13.0 Å². The molecule has 1 atom stereocenters. The van der Waals surface area contributed by atoms with Gasteiger partial charge in [0.2, 0.25) is 5.91 Å². The minimum atomic E-state index is -0.293. The van der Waals surface area contributed by atoms with Crippen LogP contribution in [0.2, 0.25) is 0 Å². The van der Waals surface area contributed by atoms with E-state index in [4.69, 9.17) is 5.73 Å². The van der Waals surface area contributed by atoms with E-state index in [1.807, 2.05) is 24.9 Å². The zero-order chi connectivity index (χ0) is 15.2. The Balaban J connectivity index is 1.97. The highest BCUT2D eigenvalue weighted by atomic mass is 16.1. The quantitative estimate of drug-likeness (QED) is 0.885. The molecule has 0 spiro atoms. The first-order valence-corrected chi connectivity index (χ1v) is 7.17. The average molecular weight is 282 g/mol. The zero-order valence-electron chi connectivity index (χ0n) is 12.6. The van der Waals surface area contributed by atoms with Gasteiger partial charge >= 0.3 is 0 Å².